The van der Waals surface area contributed by atoms with Crippen LogP contribution in [0.25, 0.3) is 44.5 Å². The molecule has 0 unspecified atom stereocenters. The van der Waals surface area contributed by atoms with E-state index in [4.69, 9.17) is 0 Å². The van der Waals surface area contributed by atoms with Gasteiger partial charge < -0.3 is 0 Å². The number of hydrogen-bond acceptors (Lipinski definition) is 0. The molecule has 0 atom stereocenters. The number of hydrogen-bond donors (Lipinski definition) is 0. The molecule has 0 aliphatic rings. The molecule has 0 spiro atoms. The fourth-order valence-electron chi connectivity index (χ4n) is 5.34. The van der Waals surface area contributed by atoms with E-state index in [-0.39, 0.29) is 74.2 Å². The largest absolute Gasteiger partial charge is 2.00 e. The zero-order valence-corrected chi connectivity index (χ0v) is 41.0. The third-order valence-corrected chi connectivity index (χ3v) is 9.25. The van der Waals surface area contributed by atoms with Gasteiger partial charge in [-0.15, -0.1) is 36.4 Å². The molecule has 4 aromatic carbocycles. The Morgan fingerprint density at radius 1 is 0.400 bits per heavy atom. The van der Waals surface area contributed by atoms with E-state index >= 15 is 0 Å². The predicted molar refractivity (Wildman–Crippen MR) is 222 cm³/mol. The Balaban J connectivity index is 0.000000391. The van der Waals surface area contributed by atoms with Crippen LogP contribution in [0.1, 0.15) is 22.8 Å². The molecule has 0 N–H and O–H groups in total. The first-order chi connectivity index (χ1) is 27.1. The second-order valence-corrected chi connectivity index (χ2v) is 13.4. The minimum atomic E-state index is 0. The van der Waals surface area contributed by atoms with Crippen molar-refractivity contribution in [3.8, 4) is 44.5 Å². The van der Waals surface area contributed by atoms with Gasteiger partial charge >= 0.3 is 74.2 Å². The molecule has 4 nitrogen and oxygen atoms in total. The van der Waals surface area contributed by atoms with Gasteiger partial charge in [0.1, 0.15) is 58.2 Å². The summed E-state index contributed by atoms with van der Waals surface area (Å²) in [6.07, 6.45) is 9.34. The van der Waals surface area contributed by atoms with Crippen molar-refractivity contribution in [3.63, 3.8) is 0 Å². The van der Waals surface area contributed by atoms with E-state index < -0.39 is 0 Å². The maximum Gasteiger partial charge on any atom is 2.00 e. The summed E-state index contributed by atoms with van der Waals surface area (Å²) >= 11 is 0. The van der Waals surface area contributed by atoms with Gasteiger partial charge in [0, 0.05) is 20.0 Å². The average molecular weight is 933 g/mol. The van der Waals surface area contributed by atoms with Gasteiger partial charge in [0.2, 0.25) is 0 Å². The summed E-state index contributed by atoms with van der Waals surface area (Å²) < 4.78 is 8.18. The molecule has 0 aliphatic carbocycles. The van der Waals surface area contributed by atoms with Gasteiger partial charge in [-0.05, 0) is 13.8 Å². The fourth-order valence-corrected chi connectivity index (χ4v) is 5.34. The molecule has 4 radical (unpaired) electrons. The van der Waals surface area contributed by atoms with Crippen molar-refractivity contribution in [3.05, 3.63) is 217 Å². The molecule has 8 rings (SSSR count). The van der Waals surface area contributed by atoms with Crippen LogP contribution in [0, 0.1) is 76.4 Å². The molecule has 4 heterocycles. The number of aromatic nitrogens is 4. The van der Waals surface area contributed by atoms with Crippen molar-refractivity contribution in [2.75, 3.05) is 0 Å². The Morgan fingerprint density at radius 2 is 0.900 bits per heavy atom. The van der Waals surface area contributed by atoms with Crippen LogP contribution in [0.5, 0.6) is 0 Å². The first-order valence-corrected chi connectivity index (χ1v) is 18.5. The summed E-state index contributed by atoms with van der Waals surface area (Å²) in [6.45, 7) is 8.26. The standard InChI is InChI=1S/4C13H12N.4V/c2*1-11-10-13(8-9-14(11)2)12-6-4-3-5-7-12;2*1-11-8-9-13(10-14(11)2)12-6-4-3-5-7-12;;;;/h3-6,9-10H,1-2H3;3-6,8-9H,1-2H3;3-6,8,10H,1-2H3;3-6,8-9H,1-2H3;;;;/q4*-1;4*+2. The summed E-state index contributed by atoms with van der Waals surface area (Å²) in [7, 11) is 8.08. The summed E-state index contributed by atoms with van der Waals surface area (Å²) in [6, 6.07) is 64.7. The van der Waals surface area contributed by atoms with Crippen molar-refractivity contribution in [2.24, 2.45) is 28.2 Å². The van der Waals surface area contributed by atoms with E-state index in [9.17, 15) is 0 Å². The van der Waals surface area contributed by atoms with E-state index in [2.05, 4.69) is 104 Å². The van der Waals surface area contributed by atoms with Gasteiger partial charge in [0.05, 0.1) is 11.4 Å². The second-order valence-electron chi connectivity index (χ2n) is 13.4. The summed E-state index contributed by atoms with van der Waals surface area (Å²) in [5.41, 5.74) is 13.5. The van der Waals surface area contributed by atoms with Crippen LogP contribution in [0.15, 0.2) is 146 Å². The molecule has 0 bridgehead atoms. The number of aryl methyl sites for hydroxylation is 8. The van der Waals surface area contributed by atoms with Crippen molar-refractivity contribution in [1.82, 2.24) is 0 Å². The smallest absolute Gasteiger partial charge is 0.294 e. The quantitative estimate of drug-likeness (QED) is 0.125. The number of pyridine rings is 4. The molecule has 0 saturated heterocycles. The normalized spacial score (nSPS) is 9.47. The Hall–Kier alpha value is -4.18. The van der Waals surface area contributed by atoms with E-state index in [0.29, 0.717) is 0 Å². The molecule has 0 amide bonds. The molecule has 60 heavy (non-hydrogen) atoms. The Kier molecular flexibility index (Phi) is 24.8. The first-order valence-electron chi connectivity index (χ1n) is 18.5. The number of nitrogens with zero attached hydrogens (tertiary/aromatic N) is 4. The Labute approximate surface area is 407 Å². The monoisotopic (exact) mass is 932 g/mol. The van der Waals surface area contributed by atoms with E-state index in [1.807, 2.05) is 164 Å². The predicted octanol–water partition coefficient (Wildman–Crippen LogP) is 8.34. The minimum Gasteiger partial charge on any atom is -0.294 e. The third kappa shape index (κ3) is 16.4. The van der Waals surface area contributed by atoms with E-state index in [1.54, 1.807) is 0 Å². The van der Waals surface area contributed by atoms with Crippen molar-refractivity contribution in [1.29, 1.82) is 0 Å². The van der Waals surface area contributed by atoms with Gasteiger partial charge in [-0.1, -0.05) is 12.1 Å². The minimum absolute atomic E-state index is 0. The van der Waals surface area contributed by atoms with Crippen molar-refractivity contribution >= 4 is 0 Å². The van der Waals surface area contributed by atoms with Crippen LogP contribution < -0.4 is 18.3 Å². The molecule has 292 valence electrons. The zero-order valence-electron chi connectivity index (χ0n) is 35.4. The summed E-state index contributed by atoms with van der Waals surface area (Å²) in [5.74, 6) is 0. The molecular formula is C52H48N4V4+4. The summed E-state index contributed by atoms with van der Waals surface area (Å²) in [4.78, 5) is 0. The number of benzene rings is 4. The molecule has 8 heteroatoms. The van der Waals surface area contributed by atoms with Crippen LogP contribution in [-0.4, -0.2) is 0 Å². The maximum atomic E-state index is 3.32. The molecule has 0 fully saturated rings. The third-order valence-electron chi connectivity index (χ3n) is 9.25. The van der Waals surface area contributed by atoms with Crippen LogP contribution in [0.4, 0.5) is 0 Å². The van der Waals surface area contributed by atoms with E-state index in [1.165, 1.54) is 17.1 Å². The van der Waals surface area contributed by atoms with Gasteiger partial charge in [-0.2, -0.15) is 108 Å². The second kappa shape index (κ2) is 27.6. The Morgan fingerprint density at radius 3 is 1.35 bits per heavy atom. The van der Waals surface area contributed by atoms with Crippen LogP contribution >= 0.6 is 0 Å². The molecule has 0 saturated carbocycles. The van der Waals surface area contributed by atoms with Crippen LogP contribution in [0.3, 0.4) is 0 Å². The van der Waals surface area contributed by atoms with Crippen molar-refractivity contribution in [2.45, 2.75) is 27.7 Å². The SMILES string of the molecule is Cc1[c-]c(-c2[c-]cccc2)cc[n+]1C.Cc1c[c-]c(-c2[c-]cccc2)c[n+]1C.Cc1cc(-c2[c-]cccc2)[c-]c[n+]1C.Cc1ccc(-c2[c-]cccc2)[c-][n+]1C.[V+2].[V+2].[V+2].[V+2]. The molecule has 8 aromatic rings. The van der Waals surface area contributed by atoms with Crippen molar-refractivity contribution < 1.29 is 92.5 Å². The fraction of sp³-hybridized carbons (Fsp3) is 0.154. The van der Waals surface area contributed by atoms with Gasteiger partial charge in [0.25, 0.3) is 0 Å². The maximum absolute atomic E-state index is 3.32. The molecule has 4 aromatic heterocycles. The molecule has 0 aliphatic heterocycles. The van der Waals surface area contributed by atoms with Gasteiger partial charge in [-0.25, -0.2) is 44.5 Å². The van der Waals surface area contributed by atoms with Gasteiger partial charge in [0.15, 0.2) is 0 Å². The molecular weight excluding hydrogens is 884 g/mol. The van der Waals surface area contributed by atoms with Gasteiger partial charge in [-0.3, -0.25) is 31.4 Å². The average Bonchev–Trinajstić information content (AvgIpc) is 3.24. The summed E-state index contributed by atoms with van der Waals surface area (Å²) in [5, 5.41) is 0. The van der Waals surface area contributed by atoms with E-state index in [0.717, 1.165) is 50.2 Å². The Bertz CT molecular complexity index is 2100. The van der Waals surface area contributed by atoms with Crippen LogP contribution in [-0.2, 0) is 102 Å². The zero-order chi connectivity index (χ0) is 39.9. The van der Waals surface area contributed by atoms with Crippen LogP contribution in [0.2, 0.25) is 0 Å². The topological polar surface area (TPSA) is 15.5 Å². The number of rotatable bonds is 4. The first kappa shape index (κ1) is 53.8.